The number of rotatable bonds is 10. The molecule has 0 aliphatic heterocycles. The molecule has 0 aromatic carbocycles. The molecule has 27 heavy (non-hydrogen) atoms. The van der Waals surface area contributed by atoms with Gasteiger partial charge >= 0.3 is 5.97 Å². The van der Waals surface area contributed by atoms with Crippen molar-refractivity contribution in [1.82, 2.24) is 19.6 Å². The monoisotopic (exact) mass is 414 g/mol. The van der Waals surface area contributed by atoms with Crippen molar-refractivity contribution in [2.75, 3.05) is 19.7 Å². The van der Waals surface area contributed by atoms with Crippen LogP contribution in [0.2, 0.25) is 0 Å². The second-order valence-electron chi connectivity index (χ2n) is 5.73. The first kappa shape index (κ1) is 21.1. The van der Waals surface area contributed by atoms with Gasteiger partial charge in [0.15, 0.2) is 11.6 Å². The van der Waals surface area contributed by atoms with Crippen LogP contribution in [0.25, 0.3) is 0 Å². The second-order valence-corrected chi connectivity index (χ2v) is 8.47. The average molecular weight is 415 g/mol. The summed E-state index contributed by atoms with van der Waals surface area (Å²) in [6.07, 6.45) is 1.91. The number of esters is 1. The lowest BCUT2D eigenvalue weighted by Gasteiger charge is -2.07. The fourth-order valence-electron chi connectivity index (χ4n) is 2.07. The molecule has 9 nitrogen and oxygen atoms in total. The number of aromatic nitrogens is 2. The van der Waals surface area contributed by atoms with E-state index in [2.05, 4.69) is 15.0 Å². The Bertz CT molecular complexity index is 855. The van der Waals surface area contributed by atoms with Gasteiger partial charge in [-0.3, -0.25) is 9.59 Å². The number of thiophene rings is 1. The zero-order valence-corrected chi connectivity index (χ0v) is 16.7. The third kappa shape index (κ3) is 6.77. The molecule has 2 heterocycles. The van der Waals surface area contributed by atoms with Crippen LogP contribution < -0.4 is 10.0 Å². The predicted octanol–water partition coefficient (Wildman–Crippen LogP) is 0.361. The molecule has 0 radical (unpaired) electrons. The quantitative estimate of drug-likeness (QED) is 0.542. The van der Waals surface area contributed by atoms with Gasteiger partial charge in [-0.1, -0.05) is 6.07 Å². The summed E-state index contributed by atoms with van der Waals surface area (Å²) in [6.45, 7) is 1.61. The zero-order chi connectivity index (χ0) is 19.9. The molecule has 0 spiro atoms. The van der Waals surface area contributed by atoms with E-state index >= 15 is 0 Å². The summed E-state index contributed by atoms with van der Waals surface area (Å²) < 4.78 is 32.8. The first-order valence-electron chi connectivity index (χ1n) is 8.22. The lowest BCUT2D eigenvalue weighted by molar-refractivity contribution is -0.148. The Labute approximate surface area is 161 Å². The molecule has 11 heteroatoms. The third-order valence-electron chi connectivity index (χ3n) is 3.62. The van der Waals surface area contributed by atoms with E-state index in [0.29, 0.717) is 18.8 Å². The number of amides is 1. The van der Waals surface area contributed by atoms with E-state index in [4.69, 9.17) is 4.74 Å². The van der Waals surface area contributed by atoms with Gasteiger partial charge in [-0.25, -0.2) is 18.1 Å². The van der Waals surface area contributed by atoms with Gasteiger partial charge in [0.25, 0.3) is 15.9 Å². The van der Waals surface area contributed by atoms with Gasteiger partial charge in [-0.05, 0) is 24.8 Å². The minimum Gasteiger partial charge on any atom is -0.456 e. The van der Waals surface area contributed by atoms with Crippen LogP contribution in [-0.4, -0.2) is 49.5 Å². The van der Waals surface area contributed by atoms with Gasteiger partial charge in [0.1, 0.15) is 5.82 Å². The topological polar surface area (TPSA) is 119 Å². The summed E-state index contributed by atoms with van der Waals surface area (Å²) in [5.41, 5.74) is 0. The van der Waals surface area contributed by atoms with Crippen molar-refractivity contribution in [2.45, 2.75) is 24.8 Å². The van der Waals surface area contributed by atoms with E-state index in [1.807, 2.05) is 17.5 Å². The second kappa shape index (κ2) is 9.62. The fourth-order valence-corrected chi connectivity index (χ4v) is 3.84. The van der Waals surface area contributed by atoms with Gasteiger partial charge < -0.3 is 14.6 Å². The highest BCUT2D eigenvalue weighted by atomic mass is 32.2. The molecule has 2 aromatic heterocycles. The van der Waals surface area contributed by atoms with E-state index in [9.17, 15) is 18.0 Å². The van der Waals surface area contributed by atoms with E-state index in [1.54, 1.807) is 29.9 Å². The SMILES string of the molecule is Cc1nc(S(=O)(=O)NCCC(=O)OCC(=O)NCCc2cccs2)cn1C. The summed E-state index contributed by atoms with van der Waals surface area (Å²) in [7, 11) is -2.11. The highest BCUT2D eigenvalue weighted by molar-refractivity contribution is 7.89. The number of aryl methyl sites for hydroxylation is 2. The zero-order valence-electron chi connectivity index (χ0n) is 15.1. The number of sulfonamides is 1. The van der Waals surface area contributed by atoms with Crippen LogP contribution in [0.15, 0.2) is 28.7 Å². The van der Waals surface area contributed by atoms with Crippen molar-refractivity contribution < 1.29 is 22.7 Å². The molecule has 0 bridgehead atoms. The van der Waals surface area contributed by atoms with Crippen molar-refractivity contribution in [3.8, 4) is 0 Å². The summed E-state index contributed by atoms with van der Waals surface area (Å²) in [4.78, 5) is 28.3. The van der Waals surface area contributed by atoms with Crippen molar-refractivity contribution in [3.05, 3.63) is 34.4 Å². The van der Waals surface area contributed by atoms with Crippen LogP contribution in [0, 0.1) is 6.92 Å². The van der Waals surface area contributed by atoms with Crippen LogP contribution in [0.3, 0.4) is 0 Å². The van der Waals surface area contributed by atoms with Crippen molar-refractivity contribution in [3.63, 3.8) is 0 Å². The minimum atomic E-state index is -3.79. The number of hydrogen-bond donors (Lipinski definition) is 2. The number of nitrogens with one attached hydrogen (secondary N) is 2. The molecule has 0 aliphatic carbocycles. The van der Waals surface area contributed by atoms with Crippen molar-refractivity contribution in [1.29, 1.82) is 0 Å². The Kier molecular flexibility index (Phi) is 7.51. The van der Waals surface area contributed by atoms with Crippen molar-refractivity contribution >= 4 is 33.2 Å². The van der Waals surface area contributed by atoms with Gasteiger partial charge in [0.05, 0.1) is 6.42 Å². The maximum Gasteiger partial charge on any atom is 0.307 e. The normalized spacial score (nSPS) is 11.3. The molecular weight excluding hydrogens is 392 g/mol. The van der Waals surface area contributed by atoms with E-state index in [-0.39, 0.29) is 18.0 Å². The maximum atomic E-state index is 12.1. The first-order valence-corrected chi connectivity index (χ1v) is 10.6. The molecule has 148 valence electrons. The average Bonchev–Trinajstić information content (AvgIpc) is 3.23. The van der Waals surface area contributed by atoms with Crippen LogP contribution >= 0.6 is 11.3 Å². The van der Waals surface area contributed by atoms with Crippen molar-refractivity contribution in [2.24, 2.45) is 7.05 Å². The molecule has 0 saturated carbocycles. The van der Waals surface area contributed by atoms with Crippen LogP contribution in [-0.2, 0) is 37.8 Å². The standard InChI is InChI=1S/C16H22N4O5S2/c1-12-19-15(10-20(12)2)27(23,24)18-8-6-16(22)25-11-14(21)17-7-5-13-4-3-9-26-13/h3-4,9-10,18H,5-8,11H2,1-2H3,(H,17,21). The first-order chi connectivity index (χ1) is 12.8. The van der Waals surface area contributed by atoms with E-state index in [0.717, 1.165) is 4.88 Å². The Morgan fingerprint density at radius 2 is 2.11 bits per heavy atom. The molecule has 0 aliphatic rings. The Morgan fingerprint density at radius 1 is 1.33 bits per heavy atom. The summed E-state index contributed by atoms with van der Waals surface area (Å²) in [6, 6.07) is 3.91. The smallest absolute Gasteiger partial charge is 0.307 e. The molecule has 1 amide bonds. The largest absolute Gasteiger partial charge is 0.456 e. The fraction of sp³-hybridized carbons (Fsp3) is 0.438. The number of hydrogen-bond acceptors (Lipinski definition) is 7. The molecule has 0 saturated heterocycles. The van der Waals surface area contributed by atoms with Crippen LogP contribution in [0.1, 0.15) is 17.1 Å². The predicted molar refractivity (Wildman–Crippen MR) is 99.7 cm³/mol. The van der Waals surface area contributed by atoms with Crippen LogP contribution in [0.4, 0.5) is 0 Å². The van der Waals surface area contributed by atoms with Crippen LogP contribution in [0.5, 0.6) is 0 Å². The lowest BCUT2D eigenvalue weighted by atomic mass is 10.3. The lowest BCUT2D eigenvalue weighted by Crippen LogP contribution is -2.31. The number of imidazole rings is 1. The Morgan fingerprint density at radius 3 is 2.74 bits per heavy atom. The third-order valence-corrected chi connectivity index (χ3v) is 5.89. The minimum absolute atomic E-state index is 0.110. The molecule has 2 N–H and O–H groups in total. The van der Waals surface area contributed by atoms with E-state index < -0.39 is 28.5 Å². The van der Waals surface area contributed by atoms with Gasteiger partial charge in [-0.2, -0.15) is 0 Å². The molecule has 2 rings (SSSR count). The number of ether oxygens (including phenoxy) is 1. The number of carbonyl (C=O) groups is 2. The van der Waals surface area contributed by atoms with Gasteiger partial charge in [0, 0.05) is 31.2 Å². The molecule has 2 aromatic rings. The Balaban J connectivity index is 1.63. The molecular formula is C16H22N4O5S2. The Hall–Kier alpha value is -2.24. The van der Waals surface area contributed by atoms with Gasteiger partial charge in [-0.15, -0.1) is 11.3 Å². The molecule has 0 unspecified atom stereocenters. The summed E-state index contributed by atoms with van der Waals surface area (Å²) in [5, 5.41) is 4.50. The van der Waals surface area contributed by atoms with E-state index in [1.165, 1.54) is 6.20 Å². The highest BCUT2D eigenvalue weighted by Crippen LogP contribution is 2.08. The summed E-state index contributed by atoms with van der Waals surface area (Å²) in [5.74, 6) is -0.507. The molecule has 0 fully saturated rings. The highest BCUT2D eigenvalue weighted by Gasteiger charge is 2.18. The maximum absolute atomic E-state index is 12.1. The number of nitrogens with zero attached hydrogens (tertiary/aromatic N) is 2. The van der Waals surface area contributed by atoms with Gasteiger partial charge in [0.2, 0.25) is 0 Å². The molecule has 0 atom stereocenters. The summed E-state index contributed by atoms with van der Waals surface area (Å²) >= 11 is 1.61. The number of carbonyl (C=O) groups excluding carboxylic acids is 2.